The molecule has 1 rings (SSSR count). The van der Waals surface area contributed by atoms with Gasteiger partial charge in [-0.15, -0.1) is 0 Å². The molecule has 0 aromatic heterocycles. The molecular weight excluding hydrogens is 254 g/mol. The lowest BCUT2D eigenvalue weighted by atomic mass is 9.56. The lowest BCUT2D eigenvalue weighted by Gasteiger charge is -2.44. The van der Waals surface area contributed by atoms with E-state index in [1.165, 1.54) is 0 Å². The zero-order chi connectivity index (χ0) is 15.9. The number of ketones is 2. The van der Waals surface area contributed by atoms with E-state index in [1.54, 1.807) is 27.7 Å². The normalized spacial score (nSPS) is 27.6. The van der Waals surface area contributed by atoms with Crippen LogP contribution in [0.3, 0.4) is 0 Å². The first kappa shape index (κ1) is 16.6. The molecule has 1 N–H and O–H groups in total. The third-order valence-electron chi connectivity index (χ3n) is 4.69. The van der Waals surface area contributed by atoms with E-state index in [2.05, 4.69) is 11.7 Å². The van der Waals surface area contributed by atoms with Gasteiger partial charge >= 0.3 is 0 Å². The van der Waals surface area contributed by atoms with Crippen molar-refractivity contribution < 1.29 is 14.8 Å². The van der Waals surface area contributed by atoms with Crippen molar-refractivity contribution in [1.82, 2.24) is 0 Å². The van der Waals surface area contributed by atoms with Gasteiger partial charge in [0.15, 0.2) is 11.6 Å². The fraction of sp³-hybridized carbons (Fsp3) is 0.688. The van der Waals surface area contributed by atoms with Gasteiger partial charge in [-0.1, -0.05) is 25.6 Å². The largest absolute Gasteiger partial charge is 0.411 e. The molecule has 20 heavy (non-hydrogen) atoms. The summed E-state index contributed by atoms with van der Waals surface area (Å²) in [4.78, 5) is 25.2. The second kappa shape index (κ2) is 5.15. The van der Waals surface area contributed by atoms with Crippen LogP contribution in [0.1, 0.15) is 48.0 Å². The topological polar surface area (TPSA) is 66.7 Å². The zero-order valence-electron chi connectivity index (χ0n) is 13.3. The summed E-state index contributed by atoms with van der Waals surface area (Å²) in [7, 11) is 0. The predicted molar refractivity (Wildman–Crippen MR) is 78.9 cm³/mol. The second-order valence-electron chi connectivity index (χ2n) is 6.74. The van der Waals surface area contributed by atoms with Crippen molar-refractivity contribution >= 4 is 17.3 Å². The number of allylic oxidation sites excluding steroid dienone is 1. The predicted octanol–water partition coefficient (Wildman–Crippen LogP) is 3.24. The second-order valence-corrected chi connectivity index (χ2v) is 6.74. The first-order valence-corrected chi connectivity index (χ1v) is 7.03. The number of oxime groups is 1. The number of hydrogen-bond acceptors (Lipinski definition) is 4. The number of carbonyl (C=O) groups is 2. The number of nitrogens with zero attached hydrogens (tertiary/aromatic N) is 1. The van der Waals surface area contributed by atoms with Crippen LogP contribution in [-0.2, 0) is 9.59 Å². The van der Waals surface area contributed by atoms with Gasteiger partial charge in [-0.3, -0.25) is 9.59 Å². The fourth-order valence-corrected chi connectivity index (χ4v) is 2.88. The lowest BCUT2D eigenvalue weighted by molar-refractivity contribution is -0.147. The summed E-state index contributed by atoms with van der Waals surface area (Å²) in [5, 5.41) is 12.7. The Balaban J connectivity index is 3.43. The average Bonchev–Trinajstić information content (AvgIpc) is 2.39. The molecule has 2 atom stereocenters. The van der Waals surface area contributed by atoms with Crippen molar-refractivity contribution in [2.45, 2.75) is 48.0 Å². The van der Waals surface area contributed by atoms with Crippen molar-refractivity contribution in [3.8, 4) is 0 Å². The fourth-order valence-electron chi connectivity index (χ4n) is 2.88. The first-order chi connectivity index (χ1) is 9.03. The smallest absolute Gasteiger partial charge is 0.158 e. The van der Waals surface area contributed by atoms with Crippen molar-refractivity contribution in [1.29, 1.82) is 0 Å². The van der Waals surface area contributed by atoms with Crippen molar-refractivity contribution in [3.63, 3.8) is 0 Å². The standard InChI is InChI=1S/C16H25NO3/c1-8-9(2)12(17-20)11-10(3)15(4,5)14(19)16(6,7)13(11)18/h9,11,20H,3,8H2,1-2,4-7H3/b17-12-. The van der Waals surface area contributed by atoms with Crippen LogP contribution in [-0.4, -0.2) is 22.5 Å². The van der Waals surface area contributed by atoms with E-state index in [1.807, 2.05) is 13.8 Å². The highest BCUT2D eigenvalue weighted by molar-refractivity contribution is 6.22. The Kier molecular flexibility index (Phi) is 4.28. The quantitative estimate of drug-likeness (QED) is 0.283. The van der Waals surface area contributed by atoms with Crippen molar-refractivity contribution in [2.75, 3.05) is 0 Å². The molecule has 4 nitrogen and oxygen atoms in total. The molecule has 1 saturated carbocycles. The maximum absolute atomic E-state index is 12.7. The molecule has 0 bridgehead atoms. The Bertz CT molecular complexity index is 456. The molecule has 0 spiro atoms. The molecule has 0 radical (unpaired) electrons. The molecule has 0 aromatic rings. The zero-order valence-corrected chi connectivity index (χ0v) is 13.3. The van der Waals surface area contributed by atoms with Crippen LogP contribution in [0, 0.1) is 22.7 Å². The van der Waals surface area contributed by atoms with Crippen LogP contribution in [0.25, 0.3) is 0 Å². The number of hydrogen-bond donors (Lipinski definition) is 1. The Labute approximate surface area is 120 Å². The number of rotatable bonds is 3. The van der Waals surface area contributed by atoms with E-state index in [4.69, 9.17) is 0 Å². The number of Topliss-reactive ketones (excluding diaryl/α,β-unsaturated/α-hetero) is 2. The van der Waals surface area contributed by atoms with Crippen LogP contribution in [0.4, 0.5) is 0 Å². The molecule has 1 aliphatic rings. The minimum atomic E-state index is -1.08. The Morgan fingerprint density at radius 2 is 1.80 bits per heavy atom. The van der Waals surface area contributed by atoms with E-state index >= 15 is 0 Å². The summed E-state index contributed by atoms with van der Waals surface area (Å²) in [5.41, 5.74) is -0.944. The Hall–Kier alpha value is -1.45. The summed E-state index contributed by atoms with van der Waals surface area (Å²) < 4.78 is 0. The third-order valence-corrected chi connectivity index (χ3v) is 4.69. The summed E-state index contributed by atoms with van der Waals surface area (Å²) >= 11 is 0. The molecule has 1 fully saturated rings. The van der Waals surface area contributed by atoms with Gasteiger partial charge in [0.25, 0.3) is 0 Å². The van der Waals surface area contributed by atoms with Gasteiger partial charge in [-0.25, -0.2) is 0 Å². The monoisotopic (exact) mass is 279 g/mol. The minimum absolute atomic E-state index is 0.0366. The van der Waals surface area contributed by atoms with Crippen LogP contribution >= 0.6 is 0 Å². The van der Waals surface area contributed by atoms with E-state index in [-0.39, 0.29) is 17.5 Å². The lowest BCUT2D eigenvalue weighted by Crippen LogP contribution is -2.55. The first-order valence-electron chi connectivity index (χ1n) is 7.03. The molecule has 0 saturated heterocycles. The van der Waals surface area contributed by atoms with Gasteiger partial charge in [0, 0.05) is 5.41 Å². The summed E-state index contributed by atoms with van der Waals surface area (Å²) in [6.45, 7) is 14.7. The Morgan fingerprint density at radius 3 is 2.20 bits per heavy atom. The summed E-state index contributed by atoms with van der Waals surface area (Å²) in [6, 6.07) is 0. The van der Waals surface area contributed by atoms with Crippen LogP contribution in [0.15, 0.2) is 17.3 Å². The third kappa shape index (κ3) is 2.21. The molecule has 0 aliphatic heterocycles. The molecule has 1 aliphatic carbocycles. The van der Waals surface area contributed by atoms with Crippen molar-refractivity contribution in [2.24, 2.45) is 27.8 Å². The van der Waals surface area contributed by atoms with Gasteiger partial charge in [0.1, 0.15) is 0 Å². The van der Waals surface area contributed by atoms with Crippen LogP contribution in [0.5, 0.6) is 0 Å². The maximum atomic E-state index is 12.7. The average molecular weight is 279 g/mol. The van der Waals surface area contributed by atoms with E-state index in [0.717, 1.165) is 6.42 Å². The highest BCUT2D eigenvalue weighted by atomic mass is 16.4. The minimum Gasteiger partial charge on any atom is -0.411 e. The molecule has 112 valence electrons. The van der Waals surface area contributed by atoms with Gasteiger partial charge in [0.05, 0.1) is 17.0 Å². The molecule has 0 aromatic carbocycles. The van der Waals surface area contributed by atoms with E-state index < -0.39 is 16.7 Å². The summed E-state index contributed by atoms with van der Waals surface area (Å²) in [5.74, 6) is -1.07. The molecule has 4 heteroatoms. The summed E-state index contributed by atoms with van der Waals surface area (Å²) in [6.07, 6.45) is 0.755. The molecule has 2 unspecified atom stereocenters. The SMILES string of the molecule is C=C1C(/C(=N\O)C(C)CC)C(=O)C(C)(C)C(=O)C1(C)C. The maximum Gasteiger partial charge on any atom is 0.158 e. The van der Waals surface area contributed by atoms with Gasteiger partial charge < -0.3 is 5.21 Å². The van der Waals surface area contributed by atoms with Gasteiger partial charge in [-0.05, 0) is 45.6 Å². The van der Waals surface area contributed by atoms with Gasteiger partial charge in [0.2, 0.25) is 0 Å². The molecular formula is C16H25NO3. The highest BCUT2D eigenvalue weighted by Gasteiger charge is 2.56. The van der Waals surface area contributed by atoms with Crippen LogP contribution in [0.2, 0.25) is 0 Å². The van der Waals surface area contributed by atoms with Crippen molar-refractivity contribution in [3.05, 3.63) is 12.2 Å². The van der Waals surface area contributed by atoms with Gasteiger partial charge in [-0.2, -0.15) is 0 Å². The van der Waals surface area contributed by atoms with Crippen LogP contribution < -0.4 is 0 Å². The Morgan fingerprint density at radius 1 is 1.30 bits per heavy atom. The highest BCUT2D eigenvalue weighted by Crippen LogP contribution is 2.47. The number of carbonyl (C=O) groups excluding carboxylic acids is 2. The molecule has 0 heterocycles. The van der Waals surface area contributed by atoms with E-state index in [9.17, 15) is 14.8 Å². The van der Waals surface area contributed by atoms with E-state index in [0.29, 0.717) is 11.3 Å². The molecule has 0 amide bonds.